The van der Waals surface area contributed by atoms with E-state index in [1.54, 1.807) is 0 Å². The fraction of sp³-hybridized carbons (Fsp3) is 0.333. The molecule has 0 aromatic carbocycles. The first-order valence-electron chi connectivity index (χ1n) is 4.81. The Morgan fingerprint density at radius 2 is 1.71 bits per heavy atom. The second kappa shape index (κ2) is 5.75. The van der Waals surface area contributed by atoms with Crippen LogP contribution >= 0.6 is 15.9 Å². The van der Waals surface area contributed by atoms with Gasteiger partial charge in [0, 0.05) is 10.7 Å². The van der Waals surface area contributed by atoms with Gasteiger partial charge in [-0.05, 0) is 28.1 Å². The van der Waals surface area contributed by atoms with E-state index in [4.69, 9.17) is 0 Å². The van der Waals surface area contributed by atoms with Crippen LogP contribution in [0.3, 0.4) is 0 Å². The minimum atomic E-state index is -6.08. The molecule has 0 fully saturated rings. The number of hydrogen-bond donors (Lipinski definition) is 1. The normalized spacial score (nSPS) is 13.1. The Morgan fingerprint density at radius 1 is 1.14 bits per heavy atom. The summed E-state index contributed by atoms with van der Waals surface area (Å²) in [7, 11) is 0. The number of rotatable bonds is 4. The minimum absolute atomic E-state index is 0.387. The summed E-state index contributed by atoms with van der Waals surface area (Å²) in [5.41, 5.74) is 0. The average Bonchev–Trinajstić information content (AvgIpc) is 2.28. The van der Waals surface area contributed by atoms with Gasteiger partial charge in [0.1, 0.15) is 5.82 Å². The molecule has 1 N–H and O–H groups in total. The van der Waals surface area contributed by atoms with Crippen molar-refractivity contribution < 1.29 is 40.3 Å². The molecule has 0 atom stereocenters. The molecule has 1 aromatic rings. The van der Waals surface area contributed by atoms with Gasteiger partial charge in [0.15, 0.2) is 0 Å². The Labute approximate surface area is 120 Å². The Hall–Kier alpha value is -1.43. The van der Waals surface area contributed by atoms with Crippen LogP contribution in [0.15, 0.2) is 22.8 Å². The quantitative estimate of drug-likeness (QED) is 0.807. The molecule has 12 heteroatoms. The smallest absolute Gasteiger partial charge is 0.305 e. The maximum Gasteiger partial charge on any atom is 0.527 e. The third-order valence-electron chi connectivity index (χ3n) is 1.86. The van der Waals surface area contributed by atoms with Crippen LogP contribution in [0.2, 0.25) is 0 Å². The first-order chi connectivity index (χ1) is 9.35. The zero-order valence-electron chi connectivity index (χ0n) is 9.52. The van der Waals surface area contributed by atoms with Gasteiger partial charge >= 0.3 is 24.3 Å². The van der Waals surface area contributed by atoms with Crippen LogP contribution in [-0.4, -0.2) is 29.3 Å². The highest BCUT2D eigenvalue weighted by Crippen LogP contribution is 2.40. The lowest BCUT2D eigenvalue weighted by Crippen LogP contribution is -2.53. The summed E-state index contributed by atoms with van der Waals surface area (Å²) in [6, 6.07) is 2.19. The number of carbonyl (C=O) groups is 1. The molecule has 1 aromatic heterocycles. The average molecular weight is 385 g/mol. The molecule has 1 rings (SSSR count). The maximum atomic E-state index is 13.1. The predicted molar refractivity (Wildman–Crippen MR) is 57.6 cm³/mol. The van der Waals surface area contributed by atoms with E-state index in [-0.39, 0.29) is 0 Å². The zero-order chi connectivity index (χ0) is 16.5. The van der Waals surface area contributed by atoms with Crippen LogP contribution in [0.5, 0.6) is 0 Å². The minimum Gasteiger partial charge on any atom is -0.305 e. The van der Waals surface area contributed by atoms with Gasteiger partial charge < -0.3 is 5.32 Å². The Kier molecular flexibility index (Phi) is 4.83. The molecule has 0 radical (unpaired) electrons. The van der Waals surface area contributed by atoms with Crippen molar-refractivity contribution in [2.45, 2.75) is 18.4 Å². The highest BCUT2D eigenvalue weighted by Gasteiger charge is 2.67. The van der Waals surface area contributed by atoms with Gasteiger partial charge in [0.25, 0.3) is 0 Å². The molecular formula is C9H4BrF7N2O2. The topological polar surface area (TPSA) is 51.2 Å². The van der Waals surface area contributed by atoms with Gasteiger partial charge in [-0.3, -0.25) is 4.79 Å². The van der Waals surface area contributed by atoms with Crippen molar-refractivity contribution in [3.63, 3.8) is 0 Å². The molecule has 0 unspecified atom stereocenters. The monoisotopic (exact) mass is 384 g/mol. The van der Waals surface area contributed by atoms with Crippen LogP contribution in [-0.2, 0) is 9.53 Å². The summed E-state index contributed by atoms with van der Waals surface area (Å²) in [5, 5.41) is 1.25. The van der Waals surface area contributed by atoms with Crippen molar-refractivity contribution in [1.29, 1.82) is 0 Å². The largest absolute Gasteiger partial charge is 0.527 e. The van der Waals surface area contributed by atoms with E-state index in [1.807, 2.05) is 4.74 Å². The summed E-state index contributed by atoms with van der Waals surface area (Å²) in [5.74, 6) is -9.03. The zero-order valence-corrected chi connectivity index (χ0v) is 11.1. The van der Waals surface area contributed by atoms with Crippen molar-refractivity contribution in [1.82, 2.24) is 4.98 Å². The number of anilines is 1. The molecule has 1 amide bonds. The lowest BCUT2D eigenvalue weighted by atomic mass is 10.3. The van der Waals surface area contributed by atoms with Crippen molar-refractivity contribution in [2.75, 3.05) is 5.32 Å². The number of aromatic nitrogens is 1. The van der Waals surface area contributed by atoms with E-state index >= 15 is 0 Å². The highest BCUT2D eigenvalue weighted by molar-refractivity contribution is 9.10. The Balaban J connectivity index is 2.90. The number of carbonyl (C=O) groups excluding carboxylic acids is 1. The summed E-state index contributed by atoms with van der Waals surface area (Å²) < 4.78 is 88.9. The van der Waals surface area contributed by atoms with Gasteiger partial charge in [0.05, 0.1) is 0 Å². The van der Waals surface area contributed by atoms with Gasteiger partial charge in [-0.1, -0.05) is 0 Å². The van der Waals surface area contributed by atoms with Gasteiger partial charge in [-0.25, -0.2) is 9.72 Å². The standard InChI is InChI=1S/C9H4BrF7N2O2/c10-4-1-2-5(18-3-4)19-6(20)7(11,12)8(13,14)21-9(15,16)17/h1-3H,(H,18,19,20). The van der Waals surface area contributed by atoms with Gasteiger partial charge in [0.2, 0.25) is 0 Å². The fourth-order valence-corrected chi connectivity index (χ4v) is 1.22. The third kappa shape index (κ3) is 4.52. The van der Waals surface area contributed by atoms with E-state index in [9.17, 15) is 35.5 Å². The molecule has 21 heavy (non-hydrogen) atoms. The number of ether oxygens (including phenoxy) is 1. The first kappa shape index (κ1) is 17.6. The van der Waals surface area contributed by atoms with E-state index in [2.05, 4.69) is 20.9 Å². The molecule has 0 aliphatic carbocycles. The second-order valence-electron chi connectivity index (χ2n) is 3.45. The van der Waals surface area contributed by atoms with Crippen LogP contribution in [0.25, 0.3) is 0 Å². The SMILES string of the molecule is O=C(Nc1ccc(Br)cn1)C(F)(F)C(F)(F)OC(F)(F)F. The molecule has 0 aliphatic heterocycles. The predicted octanol–water partition coefficient (Wildman–Crippen LogP) is 3.55. The lowest BCUT2D eigenvalue weighted by molar-refractivity contribution is -0.457. The second-order valence-corrected chi connectivity index (χ2v) is 4.37. The first-order valence-corrected chi connectivity index (χ1v) is 5.60. The summed E-state index contributed by atoms with van der Waals surface area (Å²) in [6.07, 6.45) is -11.1. The number of halogens is 8. The van der Waals surface area contributed by atoms with Crippen LogP contribution in [0, 0.1) is 0 Å². The van der Waals surface area contributed by atoms with E-state index in [0.717, 1.165) is 12.3 Å². The number of hydrogen-bond acceptors (Lipinski definition) is 3. The van der Waals surface area contributed by atoms with E-state index < -0.39 is 30.1 Å². The summed E-state index contributed by atoms with van der Waals surface area (Å²) in [6.45, 7) is 0. The summed E-state index contributed by atoms with van der Waals surface area (Å²) >= 11 is 2.93. The van der Waals surface area contributed by atoms with E-state index in [1.165, 1.54) is 11.4 Å². The van der Waals surface area contributed by atoms with Gasteiger partial charge in [-0.15, -0.1) is 13.2 Å². The Bertz CT molecular complexity index is 518. The number of alkyl halides is 7. The summed E-state index contributed by atoms with van der Waals surface area (Å²) in [4.78, 5) is 14.4. The van der Waals surface area contributed by atoms with Crippen LogP contribution in [0.4, 0.5) is 36.6 Å². The molecule has 0 saturated heterocycles. The van der Waals surface area contributed by atoms with Crippen molar-refractivity contribution >= 4 is 27.7 Å². The fourth-order valence-electron chi connectivity index (χ4n) is 0.986. The molecule has 0 bridgehead atoms. The molecular weight excluding hydrogens is 381 g/mol. The molecule has 118 valence electrons. The maximum absolute atomic E-state index is 13.1. The van der Waals surface area contributed by atoms with Gasteiger partial charge in [-0.2, -0.15) is 17.6 Å². The molecule has 1 heterocycles. The van der Waals surface area contributed by atoms with Crippen molar-refractivity contribution in [3.8, 4) is 0 Å². The van der Waals surface area contributed by atoms with Crippen LogP contribution in [0.1, 0.15) is 0 Å². The van der Waals surface area contributed by atoms with E-state index in [0.29, 0.717) is 4.47 Å². The molecule has 0 spiro atoms. The van der Waals surface area contributed by atoms with Crippen molar-refractivity contribution in [2.24, 2.45) is 0 Å². The molecule has 0 aliphatic rings. The number of nitrogens with zero attached hydrogens (tertiary/aromatic N) is 1. The number of amides is 1. The number of pyridine rings is 1. The molecule has 4 nitrogen and oxygen atoms in total. The Morgan fingerprint density at radius 3 is 2.14 bits per heavy atom. The van der Waals surface area contributed by atoms with Crippen LogP contribution < -0.4 is 5.32 Å². The molecule has 0 saturated carbocycles. The highest BCUT2D eigenvalue weighted by atomic mass is 79.9. The van der Waals surface area contributed by atoms with Crippen molar-refractivity contribution in [3.05, 3.63) is 22.8 Å². The lowest BCUT2D eigenvalue weighted by Gasteiger charge is -2.25. The number of nitrogens with one attached hydrogen (secondary N) is 1. The third-order valence-corrected chi connectivity index (χ3v) is 2.33.